The number of hydrogen-bond donors (Lipinski definition) is 1. The highest BCUT2D eigenvalue weighted by Crippen LogP contribution is 2.41. The van der Waals surface area contributed by atoms with Crippen LogP contribution in [0.25, 0.3) is 0 Å². The van der Waals surface area contributed by atoms with Gasteiger partial charge in [-0.2, -0.15) is 0 Å². The average molecular weight is 408 g/mol. The zero-order chi connectivity index (χ0) is 19.6. The molecule has 0 bridgehead atoms. The van der Waals surface area contributed by atoms with E-state index in [-0.39, 0.29) is 17.6 Å². The number of carbonyl (C=O) groups excluding carboxylic acids is 1. The molecule has 6 heteroatoms. The SMILES string of the molecule is COc1ccc2c(c1)[C@@H](NC(=O)CCc1ccc(Cl)c(Cl)c1)CC(C)(C)O2. The molecule has 0 aliphatic carbocycles. The van der Waals surface area contributed by atoms with Gasteiger partial charge < -0.3 is 14.8 Å². The number of benzene rings is 2. The van der Waals surface area contributed by atoms with Crippen LogP contribution in [0.4, 0.5) is 0 Å². The van der Waals surface area contributed by atoms with Crippen LogP contribution in [0, 0.1) is 0 Å². The van der Waals surface area contributed by atoms with Crippen LogP contribution in [0.15, 0.2) is 36.4 Å². The summed E-state index contributed by atoms with van der Waals surface area (Å²) in [5.74, 6) is 1.51. The Labute approximate surface area is 169 Å². The van der Waals surface area contributed by atoms with Gasteiger partial charge in [-0.1, -0.05) is 29.3 Å². The molecule has 0 radical (unpaired) electrons. The van der Waals surface area contributed by atoms with Gasteiger partial charge in [0, 0.05) is 18.4 Å². The van der Waals surface area contributed by atoms with Crippen molar-refractivity contribution >= 4 is 29.1 Å². The van der Waals surface area contributed by atoms with Crippen LogP contribution < -0.4 is 14.8 Å². The molecular weight excluding hydrogens is 385 g/mol. The van der Waals surface area contributed by atoms with Crippen LogP contribution in [0.3, 0.4) is 0 Å². The Hall–Kier alpha value is -1.91. The van der Waals surface area contributed by atoms with Crippen molar-refractivity contribution in [2.45, 2.75) is 44.8 Å². The van der Waals surface area contributed by atoms with Crippen molar-refractivity contribution in [1.82, 2.24) is 5.32 Å². The minimum Gasteiger partial charge on any atom is -0.497 e. The molecule has 2 aromatic carbocycles. The van der Waals surface area contributed by atoms with Gasteiger partial charge in [0.05, 0.1) is 23.2 Å². The van der Waals surface area contributed by atoms with Gasteiger partial charge in [0.15, 0.2) is 0 Å². The monoisotopic (exact) mass is 407 g/mol. The maximum Gasteiger partial charge on any atom is 0.220 e. The first-order valence-electron chi connectivity index (χ1n) is 8.88. The van der Waals surface area contributed by atoms with Crippen LogP contribution in [-0.2, 0) is 11.2 Å². The van der Waals surface area contributed by atoms with Gasteiger partial charge in [0.1, 0.15) is 17.1 Å². The van der Waals surface area contributed by atoms with E-state index >= 15 is 0 Å². The van der Waals surface area contributed by atoms with Crippen molar-refractivity contribution in [3.8, 4) is 11.5 Å². The highest BCUT2D eigenvalue weighted by atomic mass is 35.5. The Balaban J connectivity index is 1.70. The molecule has 0 fully saturated rings. The molecule has 0 aromatic heterocycles. The van der Waals surface area contributed by atoms with Crippen LogP contribution in [-0.4, -0.2) is 18.6 Å². The first-order valence-corrected chi connectivity index (χ1v) is 9.63. The van der Waals surface area contributed by atoms with Gasteiger partial charge in [-0.3, -0.25) is 4.79 Å². The average Bonchev–Trinajstić information content (AvgIpc) is 2.61. The number of ether oxygens (including phenoxy) is 2. The minimum atomic E-state index is -0.358. The van der Waals surface area contributed by atoms with Crippen LogP contribution in [0.2, 0.25) is 10.0 Å². The largest absolute Gasteiger partial charge is 0.497 e. The van der Waals surface area contributed by atoms with E-state index in [2.05, 4.69) is 5.32 Å². The summed E-state index contributed by atoms with van der Waals surface area (Å²) in [6.07, 6.45) is 1.65. The molecule has 0 saturated carbocycles. The number of hydrogen-bond acceptors (Lipinski definition) is 3. The number of methoxy groups -OCH3 is 1. The fraction of sp³-hybridized carbons (Fsp3) is 0.381. The lowest BCUT2D eigenvalue weighted by Crippen LogP contribution is -2.41. The first kappa shape index (κ1) is 19.8. The third kappa shape index (κ3) is 4.88. The second-order valence-corrected chi connectivity index (χ2v) is 8.15. The predicted octanol–water partition coefficient (Wildman–Crippen LogP) is 5.35. The van der Waals surface area contributed by atoms with E-state index in [9.17, 15) is 4.79 Å². The van der Waals surface area contributed by atoms with Crippen LogP contribution >= 0.6 is 23.2 Å². The standard InChI is InChI=1S/C21H23Cl2NO3/c1-21(2)12-18(15-11-14(26-3)6-8-19(15)27-21)24-20(25)9-5-13-4-7-16(22)17(23)10-13/h4,6-8,10-11,18H,5,9,12H2,1-3H3,(H,24,25)/t18-/m0/s1. The molecule has 1 aliphatic rings. The number of nitrogens with one attached hydrogen (secondary N) is 1. The van der Waals surface area contributed by atoms with Crippen molar-refractivity contribution in [2.24, 2.45) is 0 Å². The minimum absolute atomic E-state index is 0.0162. The van der Waals surface area contributed by atoms with Crippen molar-refractivity contribution in [3.05, 3.63) is 57.6 Å². The lowest BCUT2D eigenvalue weighted by Gasteiger charge is -2.38. The smallest absolute Gasteiger partial charge is 0.220 e. The molecule has 1 N–H and O–H groups in total. The Bertz CT molecular complexity index is 851. The van der Waals surface area contributed by atoms with E-state index in [0.29, 0.717) is 29.3 Å². The first-order chi connectivity index (χ1) is 12.8. The molecule has 0 saturated heterocycles. The molecule has 4 nitrogen and oxygen atoms in total. The number of amides is 1. The molecular formula is C21H23Cl2NO3. The lowest BCUT2D eigenvalue weighted by molar-refractivity contribution is -0.122. The number of carbonyl (C=O) groups is 1. The summed E-state index contributed by atoms with van der Waals surface area (Å²) in [5, 5.41) is 4.16. The topological polar surface area (TPSA) is 47.6 Å². The molecule has 0 unspecified atom stereocenters. The van der Waals surface area contributed by atoms with Gasteiger partial charge in [0.2, 0.25) is 5.91 Å². The third-order valence-electron chi connectivity index (χ3n) is 4.63. The zero-order valence-electron chi connectivity index (χ0n) is 15.6. The molecule has 144 valence electrons. The Morgan fingerprint density at radius 3 is 2.70 bits per heavy atom. The highest BCUT2D eigenvalue weighted by Gasteiger charge is 2.34. The van der Waals surface area contributed by atoms with Crippen molar-refractivity contribution < 1.29 is 14.3 Å². The van der Waals surface area contributed by atoms with E-state index in [4.69, 9.17) is 32.7 Å². The maximum atomic E-state index is 12.6. The van der Waals surface area contributed by atoms with Crippen LogP contribution in [0.1, 0.15) is 43.9 Å². The van der Waals surface area contributed by atoms with Crippen LogP contribution in [0.5, 0.6) is 11.5 Å². The molecule has 27 heavy (non-hydrogen) atoms. The summed E-state index contributed by atoms with van der Waals surface area (Å²) in [6, 6.07) is 11.0. The van der Waals surface area contributed by atoms with Gasteiger partial charge in [-0.15, -0.1) is 0 Å². The van der Waals surface area contributed by atoms with Crippen molar-refractivity contribution in [3.63, 3.8) is 0 Å². The molecule has 1 amide bonds. The molecule has 0 spiro atoms. The van der Waals surface area contributed by atoms with Gasteiger partial charge in [0.25, 0.3) is 0 Å². The van der Waals surface area contributed by atoms with E-state index in [1.807, 2.05) is 38.1 Å². The quantitative estimate of drug-likeness (QED) is 0.725. The fourth-order valence-electron chi connectivity index (χ4n) is 3.31. The molecule has 1 aliphatic heterocycles. The summed E-state index contributed by atoms with van der Waals surface area (Å²) in [4.78, 5) is 12.6. The second kappa shape index (κ2) is 7.99. The highest BCUT2D eigenvalue weighted by molar-refractivity contribution is 6.42. The fourth-order valence-corrected chi connectivity index (χ4v) is 3.63. The van der Waals surface area contributed by atoms with E-state index in [0.717, 1.165) is 22.6 Å². The van der Waals surface area contributed by atoms with Gasteiger partial charge in [-0.05, 0) is 56.2 Å². The number of halogens is 2. The summed E-state index contributed by atoms with van der Waals surface area (Å²) in [5.41, 5.74) is 1.56. The predicted molar refractivity (Wildman–Crippen MR) is 108 cm³/mol. The summed E-state index contributed by atoms with van der Waals surface area (Å²) in [7, 11) is 1.63. The Morgan fingerprint density at radius 2 is 2.00 bits per heavy atom. The van der Waals surface area contributed by atoms with Gasteiger partial charge in [-0.25, -0.2) is 0 Å². The third-order valence-corrected chi connectivity index (χ3v) is 5.37. The lowest BCUT2D eigenvalue weighted by atomic mass is 9.89. The molecule has 1 heterocycles. The molecule has 3 rings (SSSR count). The maximum absolute atomic E-state index is 12.6. The Kier molecular flexibility index (Phi) is 5.87. The number of rotatable bonds is 5. The second-order valence-electron chi connectivity index (χ2n) is 7.34. The summed E-state index contributed by atoms with van der Waals surface area (Å²) in [6.45, 7) is 4.05. The van der Waals surface area contributed by atoms with E-state index < -0.39 is 0 Å². The summed E-state index contributed by atoms with van der Waals surface area (Å²) < 4.78 is 11.4. The van der Waals surface area contributed by atoms with E-state index in [1.165, 1.54) is 0 Å². The molecule has 1 atom stereocenters. The number of aryl methyl sites for hydroxylation is 1. The normalized spacial score (nSPS) is 17.6. The van der Waals surface area contributed by atoms with Crippen molar-refractivity contribution in [2.75, 3.05) is 7.11 Å². The summed E-state index contributed by atoms with van der Waals surface area (Å²) >= 11 is 12.0. The van der Waals surface area contributed by atoms with E-state index in [1.54, 1.807) is 19.2 Å². The molecule has 2 aromatic rings. The zero-order valence-corrected chi connectivity index (χ0v) is 17.2. The Morgan fingerprint density at radius 1 is 1.22 bits per heavy atom. The van der Waals surface area contributed by atoms with Gasteiger partial charge >= 0.3 is 0 Å². The number of fused-ring (bicyclic) bond motifs is 1. The van der Waals surface area contributed by atoms with Crippen molar-refractivity contribution in [1.29, 1.82) is 0 Å².